The second kappa shape index (κ2) is 8.04. The lowest BCUT2D eigenvalue weighted by atomic mass is 10.0. The number of amides is 1. The molecule has 1 aliphatic heterocycles. The highest BCUT2D eigenvalue weighted by molar-refractivity contribution is 6.05. The molecule has 0 saturated carbocycles. The van der Waals surface area contributed by atoms with Gasteiger partial charge < -0.3 is 14.9 Å². The highest BCUT2D eigenvalue weighted by Crippen LogP contribution is 2.25. The molecule has 5 heteroatoms. The summed E-state index contributed by atoms with van der Waals surface area (Å²) in [5.74, 6) is 0.577. The van der Waals surface area contributed by atoms with E-state index in [9.17, 15) is 4.79 Å². The normalized spacial score (nSPS) is 17.2. The van der Waals surface area contributed by atoms with Gasteiger partial charge in [-0.05, 0) is 31.0 Å². The number of hydrogen-bond acceptors (Lipinski definition) is 4. The molecule has 2 aromatic rings. The number of carbonyl (C=O) groups is 1. The molecule has 26 heavy (non-hydrogen) atoms. The van der Waals surface area contributed by atoms with Gasteiger partial charge in [0.1, 0.15) is 5.75 Å². The summed E-state index contributed by atoms with van der Waals surface area (Å²) in [6.45, 7) is 4.10. The first kappa shape index (κ1) is 18.0. The van der Waals surface area contributed by atoms with E-state index in [1.54, 1.807) is 7.11 Å². The summed E-state index contributed by atoms with van der Waals surface area (Å²) in [4.78, 5) is 18.0. The highest BCUT2D eigenvalue weighted by Gasteiger charge is 2.31. The second-order valence-corrected chi connectivity index (χ2v) is 6.42. The fourth-order valence-electron chi connectivity index (χ4n) is 3.04. The number of para-hydroxylation sites is 1. The first-order chi connectivity index (χ1) is 12.6. The summed E-state index contributed by atoms with van der Waals surface area (Å²) in [6, 6.07) is 15.8. The molecule has 5 nitrogen and oxygen atoms in total. The van der Waals surface area contributed by atoms with Gasteiger partial charge in [-0.25, -0.2) is 0 Å². The van der Waals surface area contributed by atoms with E-state index in [1.165, 1.54) is 5.56 Å². The number of nitrogens with zero attached hydrogens (tertiary/aromatic N) is 1. The molecule has 1 heterocycles. The van der Waals surface area contributed by atoms with Crippen LogP contribution in [0.5, 0.6) is 5.75 Å². The standard InChI is InChI=1S/C21H24N2O3/c1-4-17(15-11-9-14(2)10-12-15)22-21(24)20-13-18(23-26-20)16-7-5-6-8-19(16)25-3/h5-12,17,20H,4,13H2,1-3H3,(H,22,24)/t17-,20+/m0/s1. The Balaban J connectivity index is 1.65. The molecule has 136 valence electrons. The van der Waals surface area contributed by atoms with E-state index in [4.69, 9.17) is 9.57 Å². The van der Waals surface area contributed by atoms with Gasteiger partial charge in [-0.3, -0.25) is 4.79 Å². The van der Waals surface area contributed by atoms with Gasteiger partial charge >= 0.3 is 0 Å². The average molecular weight is 352 g/mol. The van der Waals surface area contributed by atoms with Gasteiger partial charge in [-0.2, -0.15) is 0 Å². The van der Waals surface area contributed by atoms with E-state index in [1.807, 2.05) is 31.2 Å². The third-order valence-corrected chi connectivity index (χ3v) is 4.58. The van der Waals surface area contributed by atoms with Crippen LogP contribution in [-0.4, -0.2) is 24.8 Å². The summed E-state index contributed by atoms with van der Waals surface area (Å²) < 4.78 is 5.37. The van der Waals surface area contributed by atoms with Gasteiger partial charge in [-0.1, -0.05) is 54.0 Å². The molecular weight excluding hydrogens is 328 g/mol. The summed E-state index contributed by atoms with van der Waals surface area (Å²) in [5.41, 5.74) is 3.88. The summed E-state index contributed by atoms with van der Waals surface area (Å²) in [6.07, 6.45) is 0.618. The molecule has 0 bridgehead atoms. The molecule has 0 unspecified atom stereocenters. The number of rotatable bonds is 6. The van der Waals surface area contributed by atoms with Crippen LogP contribution in [0.3, 0.4) is 0 Å². The van der Waals surface area contributed by atoms with Gasteiger partial charge in [-0.15, -0.1) is 0 Å². The fourth-order valence-corrected chi connectivity index (χ4v) is 3.04. The fraction of sp³-hybridized carbons (Fsp3) is 0.333. The van der Waals surface area contributed by atoms with Crippen LogP contribution in [-0.2, 0) is 9.63 Å². The molecule has 1 N–H and O–H groups in total. The number of benzene rings is 2. The molecule has 1 amide bonds. The van der Waals surface area contributed by atoms with E-state index in [0.29, 0.717) is 6.42 Å². The topological polar surface area (TPSA) is 59.9 Å². The van der Waals surface area contributed by atoms with Crippen molar-refractivity contribution in [3.8, 4) is 5.75 Å². The zero-order valence-electron chi connectivity index (χ0n) is 15.4. The van der Waals surface area contributed by atoms with Gasteiger partial charge in [0.05, 0.1) is 18.9 Å². The van der Waals surface area contributed by atoms with E-state index in [0.717, 1.165) is 29.0 Å². The number of nitrogens with one attached hydrogen (secondary N) is 1. The quantitative estimate of drug-likeness (QED) is 0.861. The van der Waals surface area contributed by atoms with Crippen molar-refractivity contribution in [2.45, 2.75) is 38.8 Å². The Bertz CT molecular complexity index is 799. The van der Waals surface area contributed by atoms with Crippen LogP contribution >= 0.6 is 0 Å². The molecule has 0 spiro atoms. The predicted molar refractivity (Wildman–Crippen MR) is 101 cm³/mol. The van der Waals surface area contributed by atoms with Crippen LogP contribution in [0.25, 0.3) is 0 Å². The van der Waals surface area contributed by atoms with E-state index in [2.05, 4.69) is 41.7 Å². The predicted octanol–water partition coefficient (Wildman–Crippen LogP) is 3.76. The van der Waals surface area contributed by atoms with E-state index < -0.39 is 6.10 Å². The molecule has 0 saturated heterocycles. The van der Waals surface area contributed by atoms with Gasteiger partial charge in [0.2, 0.25) is 6.10 Å². The molecule has 0 aromatic heterocycles. The maximum Gasteiger partial charge on any atom is 0.264 e. The van der Waals surface area contributed by atoms with Crippen molar-refractivity contribution in [2.75, 3.05) is 7.11 Å². The minimum Gasteiger partial charge on any atom is -0.496 e. The van der Waals surface area contributed by atoms with Gasteiger partial charge in [0.15, 0.2) is 0 Å². The van der Waals surface area contributed by atoms with Gasteiger partial charge in [0, 0.05) is 12.0 Å². The van der Waals surface area contributed by atoms with Crippen molar-refractivity contribution < 1.29 is 14.4 Å². The largest absolute Gasteiger partial charge is 0.496 e. The second-order valence-electron chi connectivity index (χ2n) is 6.42. The monoisotopic (exact) mass is 352 g/mol. The lowest BCUT2D eigenvalue weighted by molar-refractivity contribution is -0.132. The van der Waals surface area contributed by atoms with Crippen LogP contribution in [0, 0.1) is 6.92 Å². The molecule has 0 fully saturated rings. The van der Waals surface area contributed by atoms with E-state index >= 15 is 0 Å². The molecule has 3 rings (SSSR count). The summed E-state index contributed by atoms with van der Waals surface area (Å²) >= 11 is 0. The number of ether oxygens (including phenoxy) is 1. The Labute approximate surface area is 154 Å². The smallest absolute Gasteiger partial charge is 0.264 e. The Morgan fingerprint density at radius 1 is 1.27 bits per heavy atom. The lowest BCUT2D eigenvalue weighted by Gasteiger charge is -2.19. The average Bonchev–Trinajstić information content (AvgIpc) is 3.17. The van der Waals surface area contributed by atoms with Crippen LogP contribution < -0.4 is 10.1 Å². The summed E-state index contributed by atoms with van der Waals surface area (Å²) in [5, 5.41) is 7.19. The maximum atomic E-state index is 12.6. The number of aryl methyl sites for hydroxylation is 1. The van der Waals surface area contributed by atoms with Gasteiger partial charge in [0.25, 0.3) is 5.91 Å². The molecule has 0 radical (unpaired) electrons. The van der Waals surface area contributed by atoms with Crippen LogP contribution in [0.2, 0.25) is 0 Å². The van der Waals surface area contributed by atoms with Crippen molar-refractivity contribution in [3.63, 3.8) is 0 Å². The Morgan fingerprint density at radius 3 is 2.69 bits per heavy atom. The Hall–Kier alpha value is -2.82. The number of oxime groups is 1. The first-order valence-corrected chi connectivity index (χ1v) is 8.85. The number of methoxy groups -OCH3 is 1. The number of carbonyl (C=O) groups excluding carboxylic acids is 1. The minimum atomic E-state index is -0.616. The third-order valence-electron chi connectivity index (χ3n) is 4.58. The van der Waals surface area contributed by atoms with Crippen molar-refractivity contribution in [1.29, 1.82) is 0 Å². The van der Waals surface area contributed by atoms with Crippen LogP contribution in [0.1, 0.15) is 42.5 Å². The van der Waals surface area contributed by atoms with Crippen molar-refractivity contribution in [1.82, 2.24) is 5.32 Å². The lowest BCUT2D eigenvalue weighted by Crippen LogP contribution is -2.37. The SMILES string of the molecule is CC[C@H](NC(=O)[C@H]1CC(c2ccccc2OC)=NO1)c1ccc(C)cc1. The first-order valence-electron chi connectivity index (χ1n) is 8.85. The zero-order chi connectivity index (χ0) is 18.5. The van der Waals surface area contributed by atoms with Crippen LogP contribution in [0.15, 0.2) is 53.7 Å². The number of hydrogen-bond donors (Lipinski definition) is 1. The van der Waals surface area contributed by atoms with Crippen LogP contribution in [0.4, 0.5) is 0 Å². The highest BCUT2D eigenvalue weighted by atomic mass is 16.6. The zero-order valence-corrected chi connectivity index (χ0v) is 15.4. The molecule has 0 aliphatic carbocycles. The molecule has 2 aromatic carbocycles. The maximum absolute atomic E-state index is 12.6. The summed E-state index contributed by atoms with van der Waals surface area (Å²) in [7, 11) is 1.62. The van der Waals surface area contributed by atoms with E-state index in [-0.39, 0.29) is 11.9 Å². The third kappa shape index (κ3) is 3.87. The Kier molecular flexibility index (Phi) is 5.56. The molecule has 1 aliphatic rings. The van der Waals surface area contributed by atoms with Crippen molar-refractivity contribution in [3.05, 3.63) is 65.2 Å². The minimum absolute atomic E-state index is 0.0398. The van der Waals surface area contributed by atoms with Crippen molar-refractivity contribution in [2.24, 2.45) is 5.16 Å². The molecular formula is C21H24N2O3. The Morgan fingerprint density at radius 2 is 2.00 bits per heavy atom. The molecule has 2 atom stereocenters. The van der Waals surface area contributed by atoms with Crippen molar-refractivity contribution >= 4 is 11.6 Å².